The van der Waals surface area contributed by atoms with Gasteiger partial charge in [0.25, 0.3) is 5.69 Å². The zero-order valence-electron chi connectivity index (χ0n) is 21.5. The molecule has 0 radical (unpaired) electrons. The maximum atomic E-state index is 12.9. The van der Waals surface area contributed by atoms with Crippen molar-refractivity contribution in [2.45, 2.75) is 18.4 Å². The first-order chi connectivity index (χ1) is 19.5. The Balaban J connectivity index is 1.14. The van der Waals surface area contributed by atoms with Crippen LogP contribution in [0.2, 0.25) is 0 Å². The largest absolute Gasteiger partial charge is 0.454 e. The second kappa shape index (κ2) is 10.6. The number of ether oxygens (including phenoxy) is 1. The Morgan fingerprint density at radius 2 is 1.57 bits per heavy atom. The number of carbonyl (C=O) groups excluding carboxylic acids is 2. The number of allylic oxidation sites excluding steroid dienone is 2. The number of non-ortho nitro benzene ring substituents is 1. The minimum atomic E-state index is -0.548. The Kier molecular flexibility index (Phi) is 6.70. The third-order valence-electron chi connectivity index (χ3n) is 7.71. The summed E-state index contributed by atoms with van der Waals surface area (Å²) in [6, 6.07) is 29.2. The van der Waals surface area contributed by atoms with Gasteiger partial charge >= 0.3 is 5.97 Å². The van der Waals surface area contributed by atoms with Crippen molar-refractivity contribution in [2.75, 3.05) is 11.9 Å². The molecule has 2 aliphatic rings. The third kappa shape index (κ3) is 4.89. The van der Waals surface area contributed by atoms with Crippen LogP contribution in [0.4, 0.5) is 11.4 Å². The zero-order valence-corrected chi connectivity index (χ0v) is 21.5. The molecule has 40 heavy (non-hydrogen) atoms. The second-order valence-electron chi connectivity index (χ2n) is 10.1. The average molecular weight is 531 g/mol. The van der Waals surface area contributed by atoms with Gasteiger partial charge in [-0.3, -0.25) is 14.9 Å². The minimum absolute atomic E-state index is 0.0167. The Labute approximate surface area is 231 Å². The minimum Gasteiger partial charge on any atom is -0.454 e. The summed E-state index contributed by atoms with van der Waals surface area (Å²) in [4.78, 5) is 36.3. The van der Waals surface area contributed by atoms with Crippen LogP contribution in [0.15, 0.2) is 109 Å². The number of nitrogens with zero attached hydrogens (tertiary/aromatic N) is 1. The highest BCUT2D eigenvalue weighted by atomic mass is 16.6. The fourth-order valence-corrected chi connectivity index (χ4v) is 5.63. The number of ketones is 1. The number of nitro benzene ring substituents is 1. The van der Waals surface area contributed by atoms with Gasteiger partial charge in [0.1, 0.15) is 0 Å². The number of nitro groups is 1. The molecule has 1 heterocycles. The summed E-state index contributed by atoms with van der Waals surface area (Å²) in [5, 5.41) is 14.6. The van der Waals surface area contributed by atoms with Crippen LogP contribution in [-0.2, 0) is 4.74 Å². The Morgan fingerprint density at radius 1 is 0.875 bits per heavy atom. The third-order valence-corrected chi connectivity index (χ3v) is 7.71. The van der Waals surface area contributed by atoms with Crippen LogP contribution >= 0.6 is 0 Å². The van der Waals surface area contributed by atoms with Crippen molar-refractivity contribution in [2.24, 2.45) is 5.92 Å². The van der Waals surface area contributed by atoms with E-state index in [1.165, 1.54) is 12.1 Å². The van der Waals surface area contributed by atoms with Crippen LogP contribution in [0.5, 0.6) is 0 Å². The lowest BCUT2D eigenvalue weighted by molar-refractivity contribution is -0.384. The van der Waals surface area contributed by atoms with E-state index in [1.54, 1.807) is 30.3 Å². The molecule has 7 nitrogen and oxygen atoms in total. The lowest BCUT2D eigenvalue weighted by atomic mass is 9.76. The van der Waals surface area contributed by atoms with Gasteiger partial charge in [-0.05, 0) is 52.8 Å². The molecule has 0 bridgehead atoms. The van der Waals surface area contributed by atoms with E-state index in [-0.39, 0.29) is 36.0 Å². The van der Waals surface area contributed by atoms with E-state index < -0.39 is 10.9 Å². The summed E-state index contributed by atoms with van der Waals surface area (Å²) >= 11 is 0. The molecule has 0 spiro atoms. The van der Waals surface area contributed by atoms with Crippen LogP contribution in [0.25, 0.3) is 11.1 Å². The summed E-state index contributed by atoms with van der Waals surface area (Å²) in [6.45, 7) is -0.340. The molecule has 1 aliphatic heterocycles. The average Bonchev–Trinajstić information content (AvgIpc) is 3.50. The molecule has 6 rings (SSSR count). The lowest BCUT2D eigenvalue weighted by Crippen LogP contribution is -2.29. The molecule has 0 amide bonds. The molecule has 0 saturated carbocycles. The van der Waals surface area contributed by atoms with E-state index in [4.69, 9.17) is 4.74 Å². The van der Waals surface area contributed by atoms with E-state index in [1.807, 2.05) is 54.6 Å². The smallest absolute Gasteiger partial charge is 0.338 e. The van der Waals surface area contributed by atoms with Gasteiger partial charge in [-0.1, -0.05) is 78.9 Å². The van der Waals surface area contributed by atoms with Gasteiger partial charge in [0, 0.05) is 29.3 Å². The Morgan fingerprint density at radius 3 is 2.30 bits per heavy atom. The highest BCUT2D eigenvalue weighted by Crippen LogP contribution is 2.50. The quantitative estimate of drug-likeness (QED) is 0.0897. The molecule has 4 aromatic rings. The van der Waals surface area contributed by atoms with Crippen molar-refractivity contribution < 1.29 is 19.2 Å². The monoisotopic (exact) mass is 530 g/mol. The summed E-state index contributed by atoms with van der Waals surface area (Å²) in [6.07, 6.45) is 5.14. The molecular formula is C33H26N2O5. The first-order valence-electron chi connectivity index (χ1n) is 13.2. The normalized spacial score (nSPS) is 18.8. The van der Waals surface area contributed by atoms with Gasteiger partial charge in [-0.25, -0.2) is 4.79 Å². The molecular weight excluding hydrogens is 504 g/mol. The van der Waals surface area contributed by atoms with Gasteiger partial charge in [0.15, 0.2) is 12.4 Å². The second-order valence-corrected chi connectivity index (χ2v) is 10.1. The van der Waals surface area contributed by atoms with Gasteiger partial charge in [-0.15, -0.1) is 0 Å². The number of fused-ring (bicyclic) bond motifs is 3. The molecule has 3 atom stereocenters. The van der Waals surface area contributed by atoms with Gasteiger partial charge in [-0.2, -0.15) is 0 Å². The van der Waals surface area contributed by atoms with E-state index in [2.05, 4.69) is 17.5 Å². The summed E-state index contributed by atoms with van der Waals surface area (Å²) in [7, 11) is 0. The first kappa shape index (κ1) is 25.2. The number of anilines is 1. The van der Waals surface area contributed by atoms with Crippen molar-refractivity contribution in [1.82, 2.24) is 0 Å². The summed E-state index contributed by atoms with van der Waals surface area (Å²) < 4.78 is 5.40. The van der Waals surface area contributed by atoms with E-state index >= 15 is 0 Å². The van der Waals surface area contributed by atoms with E-state index in [0.29, 0.717) is 11.1 Å². The van der Waals surface area contributed by atoms with Crippen molar-refractivity contribution in [3.05, 3.63) is 142 Å². The number of hydrogen-bond donors (Lipinski definition) is 1. The fraction of sp³-hybridized carbons (Fsp3) is 0.152. The van der Waals surface area contributed by atoms with Gasteiger partial charge in [0.2, 0.25) is 0 Å². The number of rotatable bonds is 7. The van der Waals surface area contributed by atoms with Crippen LogP contribution in [-0.4, -0.2) is 23.3 Å². The highest BCUT2D eigenvalue weighted by Gasteiger charge is 2.38. The Hall–Kier alpha value is -5.04. The van der Waals surface area contributed by atoms with E-state index in [9.17, 15) is 19.7 Å². The molecule has 0 saturated heterocycles. The van der Waals surface area contributed by atoms with Crippen LogP contribution in [0.1, 0.15) is 50.2 Å². The number of Topliss-reactive ketones (excluding diaryl/α,β-unsaturated/α-hetero) is 1. The van der Waals surface area contributed by atoms with Crippen LogP contribution in [0, 0.1) is 16.0 Å². The summed E-state index contributed by atoms with van der Waals surface area (Å²) in [5.41, 5.74) is 5.89. The Bertz CT molecular complexity index is 1610. The molecule has 1 N–H and O–H groups in total. The number of benzene rings is 4. The van der Waals surface area contributed by atoms with E-state index in [0.717, 1.165) is 34.4 Å². The molecule has 1 aliphatic carbocycles. The van der Waals surface area contributed by atoms with Gasteiger partial charge in [0.05, 0.1) is 16.5 Å². The standard InChI is InChI=1S/C33H26N2O5/c36-31(23-11-9-22(10-12-23)21-5-2-1-3-6-21)20-40-33(37)25-15-18-30-29(19-25)27-7-4-8-28(27)32(34-30)24-13-16-26(17-14-24)35(38)39/h1-7,9-19,27-28,32,34H,8,20H2/t27-,28-,32+/m1/s1. The molecule has 0 unspecified atom stereocenters. The molecule has 0 fully saturated rings. The highest BCUT2D eigenvalue weighted by molar-refractivity contribution is 5.99. The number of nitrogens with one attached hydrogen (secondary N) is 1. The number of esters is 1. The predicted octanol–water partition coefficient (Wildman–Crippen LogP) is 7.13. The fourth-order valence-electron chi connectivity index (χ4n) is 5.63. The molecule has 7 heteroatoms. The van der Waals surface area contributed by atoms with Crippen molar-refractivity contribution in [1.29, 1.82) is 0 Å². The number of carbonyl (C=O) groups is 2. The maximum Gasteiger partial charge on any atom is 0.338 e. The zero-order chi connectivity index (χ0) is 27.6. The topological polar surface area (TPSA) is 98.5 Å². The molecule has 0 aromatic heterocycles. The van der Waals surface area contributed by atoms with Crippen LogP contribution in [0.3, 0.4) is 0 Å². The lowest BCUT2D eigenvalue weighted by Gasteiger charge is -2.37. The molecule has 4 aromatic carbocycles. The van der Waals surface area contributed by atoms with Gasteiger partial charge < -0.3 is 10.1 Å². The van der Waals surface area contributed by atoms with Crippen molar-refractivity contribution >= 4 is 23.1 Å². The maximum absolute atomic E-state index is 12.9. The summed E-state index contributed by atoms with van der Waals surface area (Å²) in [5.74, 6) is -0.514. The predicted molar refractivity (Wildman–Crippen MR) is 152 cm³/mol. The SMILES string of the molecule is O=C(COC(=O)c1ccc2c(c1)[C@@H]1C=CC[C@H]1[C@H](c1ccc([N+](=O)[O-])cc1)N2)c1ccc(-c2ccccc2)cc1. The van der Waals surface area contributed by atoms with Crippen molar-refractivity contribution in [3.8, 4) is 11.1 Å². The van der Waals surface area contributed by atoms with Crippen molar-refractivity contribution in [3.63, 3.8) is 0 Å². The number of hydrogen-bond acceptors (Lipinski definition) is 6. The first-order valence-corrected chi connectivity index (χ1v) is 13.2. The van der Waals surface area contributed by atoms with Crippen LogP contribution < -0.4 is 5.32 Å². The molecule has 198 valence electrons.